The Hall–Kier alpha value is -0.870. The molecule has 4 nitrogen and oxygen atoms in total. The van der Waals surface area contributed by atoms with Crippen molar-refractivity contribution in [3.8, 4) is 0 Å². The number of carbonyl (C=O) groups excluding carboxylic acids is 1. The van der Waals surface area contributed by atoms with Crippen molar-refractivity contribution in [1.82, 2.24) is 5.32 Å². The molecule has 1 rings (SSSR count). The van der Waals surface area contributed by atoms with Gasteiger partial charge in [0.1, 0.15) is 0 Å². The van der Waals surface area contributed by atoms with Gasteiger partial charge >= 0.3 is 5.97 Å². The van der Waals surface area contributed by atoms with Gasteiger partial charge in [0.05, 0.1) is 25.7 Å². The molecular formula is C14H25NO3. The summed E-state index contributed by atoms with van der Waals surface area (Å²) in [4.78, 5) is 11.4. The monoisotopic (exact) mass is 255 g/mol. The van der Waals surface area contributed by atoms with Gasteiger partial charge in [0, 0.05) is 12.6 Å². The van der Waals surface area contributed by atoms with E-state index >= 15 is 0 Å². The lowest BCUT2D eigenvalue weighted by atomic mass is 9.86. The maximum absolute atomic E-state index is 11.4. The Balaban J connectivity index is 2.15. The number of ether oxygens (including phenoxy) is 2. The van der Waals surface area contributed by atoms with E-state index in [1.807, 2.05) is 0 Å². The van der Waals surface area contributed by atoms with Gasteiger partial charge in [-0.15, -0.1) is 6.58 Å². The zero-order chi connectivity index (χ0) is 13.4. The van der Waals surface area contributed by atoms with Crippen molar-refractivity contribution in [1.29, 1.82) is 0 Å². The molecule has 1 saturated carbocycles. The van der Waals surface area contributed by atoms with Crippen LogP contribution in [0.5, 0.6) is 0 Å². The fourth-order valence-corrected chi connectivity index (χ4v) is 2.32. The summed E-state index contributed by atoms with van der Waals surface area (Å²) in [5.41, 5.74) is 0. The average Bonchev–Trinajstić information content (AvgIpc) is 2.42. The van der Waals surface area contributed by atoms with Crippen LogP contribution in [-0.4, -0.2) is 38.4 Å². The Labute approximate surface area is 110 Å². The summed E-state index contributed by atoms with van der Waals surface area (Å²) in [7, 11) is 1.46. The van der Waals surface area contributed by atoms with E-state index < -0.39 is 0 Å². The van der Waals surface area contributed by atoms with Crippen LogP contribution in [0.3, 0.4) is 0 Å². The van der Waals surface area contributed by atoms with Crippen LogP contribution in [0.1, 0.15) is 32.6 Å². The van der Waals surface area contributed by atoms with Crippen LogP contribution in [-0.2, 0) is 14.3 Å². The normalized spacial score (nSPS) is 25.4. The highest BCUT2D eigenvalue weighted by Crippen LogP contribution is 2.25. The van der Waals surface area contributed by atoms with Gasteiger partial charge in [0.25, 0.3) is 0 Å². The molecule has 0 bridgehead atoms. The van der Waals surface area contributed by atoms with E-state index in [9.17, 15) is 4.79 Å². The molecule has 0 heterocycles. The highest BCUT2D eigenvalue weighted by atomic mass is 16.5. The second-order valence-corrected chi connectivity index (χ2v) is 4.91. The molecule has 0 aromatic rings. The zero-order valence-electron chi connectivity index (χ0n) is 11.5. The lowest BCUT2D eigenvalue weighted by Crippen LogP contribution is -2.39. The molecule has 0 saturated heterocycles. The van der Waals surface area contributed by atoms with Gasteiger partial charge < -0.3 is 14.8 Å². The van der Waals surface area contributed by atoms with Gasteiger partial charge in [-0.2, -0.15) is 0 Å². The van der Waals surface area contributed by atoms with E-state index in [4.69, 9.17) is 9.47 Å². The van der Waals surface area contributed by atoms with E-state index in [1.165, 1.54) is 7.11 Å². The van der Waals surface area contributed by atoms with Crippen LogP contribution in [0.15, 0.2) is 12.7 Å². The van der Waals surface area contributed by atoms with E-state index in [1.54, 1.807) is 6.08 Å². The summed E-state index contributed by atoms with van der Waals surface area (Å²) in [5, 5.41) is 3.50. The van der Waals surface area contributed by atoms with Crippen molar-refractivity contribution in [3.63, 3.8) is 0 Å². The molecule has 1 fully saturated rings. The third kappa shape index (κ3) is 5.19. The highest BCUT2D eigenvalue weighted by molar-refractivity contribution is 5.72. The quantitative estimate of drug-likeness (QED) is 0.557. The van der Waals surface area contributed by atoms with Crippen LogP contribution in [0.25, 0.3) is 0 Å². The maximum atomic E-state index is 11.4. The second-order valence-electron chi connectivity index (χ2n) is 4.91. The second kappa shape index (κ2) is 8.27. The minimum absolute atomic E-state index is 0.0591. The molecule has 1 N–H and O–H groups in total. The van der Waals surface area contributed by atoms with Crippen LogP contribution in [0.2, 0.25) is 0 Å². The largest absolute Gasteiger partial charge is 0.469 e. The van der Waals surface area contributed by atoms with E-state index in [0.29, 0.717) is 12.6 Å². The van der Waals surface area contributed by atoms with Gasteiger partial charge in [0.15, 0.2) is 0 Å². The first-order chi connectivity index (χ1) is 8.67. The zero-order valence-corrected chi connectivity index (χ0v) is 11.5. The molecular weight excluding hydrogens is 230 g/mol. The Morgan fingerprint density at radius 3 is 2.67 bits per heavy atom. The lowest BCUT2D eigenvalue weighted by Gasteiger charge is -2.28. The molecule has 0 radical (unpaired) electrons. The minimum atomic E-state index is -0.0591. The van der Waals surface area contributed by atoms with Crippen molar-refractivity contribution < 1.29 is 14.3 Å². The molecule has 1 aliphatic carbocycles. The van der Waals surface area contributed by atoms with Gasteiger partial charge in [-0.05, 0) is 32.6 Å². The van der Waals surface area contributed by atoms with Gasteiger partial charge in [0.2, 0.25) is 0 Å². The molecule has 104 valence electrons. The fourth-order valence-electron chi connectivity index (χ4n) is 2.32. The lowest BCUT2D eigenvalue weighted by molar-refractivity contribution is -0.146. The SMILES string of the molecule is C=CCOC(C)CNC1CCC(C(=O)OC)CC1. The Bertz CT molecular complexity index is 260. The summed E-state index contributed by atoms with van der Waals surface area (Å²) in [6.45, 7) is 7.12. The number of hydrogen-bond acceptors (Lipinski definition) is 4. The number of nitrogens with one attached hydrogen (secondary N) is 1. The summed E-state index contributed by atoms with van der Waals surface area (Å²) in [6, 6.07) is 0.501. The third-order valence-corrected chi connectivity index (χ3v) is 3.45. The number of esters is 1. The van der Waals surface area contributed by atoms with E-state index in [-0.39, 0.29) is 18.0 Å². The predicted molar refractivity (Wildman–Crippen MR) is 71.4 cm³/mol. The van der Waals surface area contributed by atoms with Crippen molar-refractivity contribution in [2.45, 2.75) is 44.8 Å². The fraction of sp³-hybridized carbons (Fsp3) is 0.786. The number of methoxy groups -OCH3 is 1. The Morgan fingerprint density at radius 1 is 1.44 bits per heavy atom. The van der Waals surface area contributed by atoms with Crippen molar-refractivity contribution in [3.05, 3.63) is 12.7 Å². The molecule has 0 spiro atoms. The third-order valence-electron chi connectivity index (χ3n) is 3.45. The smallest absolute Gasteiger partial charge is 0.308 e. The molecule has 0 aromatic carbocycles. The molecule has 1 unspecified atom stereocenters. The van der Waals surface area contributed by atoms with Gasteiger partial charge in [-0.3, -0.25) is 4.79 Å². The first kappa shape index (κ1) is 15.2. The maximum Gasteiger partial charge on any atom is 0.308 e. The molecule has 0 amide bonds. The molecule has 1 atom stereocenters. The Kier molecular flexibility index (Phi) is 6.98. The summed E-state index contributed by atoms with van der Waals surface area (Å²) >= 11 is 0. The molecule has 18 heavy (non-hydrogen) atoms. The topological polar surface area (TPSA) is 47.6 Å². The van der Waals surface area contributed by atoms with E-state index in [2.05, 4.69) is 18.8 Å². The number of hydrogen-bond donors (Lipinski definition) is 1. The van der Waals surface area contributed by atoms with Crippen LogP contribution >= 0.6 is 0 Å². The standard InChI is InChI=1S/C14H25NO3/c1-4-9-18-11(2)10-15-13-7-5-12(6-8-13)14(16)17-3/h4,11-13,15H,1,5-10H2,2-3H3. The van der Waals surface area contributed by atoms with E-state index in [0.717, 1.165) is 32.2 Å². The summed E-state index contributed by atoms with van der Waals surface area (Å²) in [6.07, 6.45) is 5.87. The molecule has 0 aliphatic heterocycles. The van der Waals surface area contributed by atoms with Gasteiger partial charge in [-0.25, -0.2) is 0 Å². The average molecular weight is 255 g/mol. The summed E-state index contributed by atoms with van der Waals surface area (Å²) < 4.78 is 10.3. The number of carbonyl (C=O) groups is 1. The predicted octanol–water partition coefficient (Wildman–Crippen LogP) is 1.90. The number of rotatable bonds is 7. The van der Waals surface area contributed by atoms with Crippen molar-refractivity contribution >= 4 is 5.97 Å². The molecule has 4 heteroatoms. The minimum Gasteiger partial charge on any atom is -0.469 e. The van der Waals surface area contributed by atoms with Crippen LogP contribution in [0, 0.1) is 5.92 Å². The van der Waals surface area contributed by atoms with Crippen molar-refractivity contribution in [2.75, 3.05) is 20.3 Å². The van der Waals surface area contributed by atoms with Crippen LogP contribution < -0.4 is 5.32 Å². The van der Waals surface area contributed by atoms with Gasteiger partial charge in [-0.1, -0.05) is 6.08 Å². The Morgan fingerprint density at radius 2 is 2.11 bits per heavy atom. The first-order valence-corrected chi connectivity index (χ1v) is 6.71. The summed E-state index contributed by atoms with van der Waals surface area (Å²) in [5.74, 6) is 0.0404. The van der Waals surface area contributed by atoms with Crippen molar-refractivity contribution in [2.24, 2.45) is 5.92 Å². The highest BCUT2D eigenvalue weighted by Gasteiger charge is 2.26. The first-order valence-electron chi connectivity index (χ1n) is 6.71. The molecule has 1 aliphatic rings. The molecule has 0 aromatic heterocycles. The van der Waals surface area contributed by atoms with Crippen LogP contribution in [0.4, 0.5) is 0 Å².